The molecule has 0 fully saturated rings. The number of benzene rings is 5. The van der Waals surface area contributed by atoms with Crippen LogP contribution in [0.3, 0.4) is 0 Å². The summed E-state index contributed by atoms with van der Waals surface area (Å²) in [5.41, 5.74) is 3.95. The summed E-state index contributed by atoms with van der Waals surface area (Å²) in [5, 5.41) is 8.14. The summed E-state index contributed by atoms with van der Waals surface area (Å²) in [6.07, 6.45) is 0. The van der Waals surface area contributed by atoms with Crippen molar-refractivity contribution in [3.8, 4) is 11.1 Å². The second-order valence-corrected chi connectivity index (χ2v) is 10.6. The van der Waals surface area contributed by atoms with Crippen LogP contribution in [0.4, 0.5) is 0 Å². The molecule has 0 amide bonds. The number of aryl methyl sites for hydroxylation is 1. The molecular weight excluding hydrogens is 588 g/mol. The third-order valence-corrected chi connectivity index (χ3v) is 7.61. The molecule has 0 aliphatic rings. The average molecular weight is 624 g/mol. The van der Waals surface area contributed by atoms with Crippen LogP contribution >= 0.6 is 0 Å². The first kappa shape index (κ1) is 33.6. The smallest absolute Gasteiger partial charge is 0.358 e. The first-order valence-corrected chi connectivity index (χ1v) is 14.0. The van der Waals surface area contributed by atoms with Gasteiger partial charge in [-0.15, -0.1) is 69.6 Å². The molecule has 200 valence electrons. The summed E-state index contributed by atoms with van der Waals surface area (Å²) in [7, 11) is 0.777. The van der Waals surface area contributed by atoms with Crippen LogP contribution in [0.25, 0.3) is 32.7 Å². The topological polar surface area (TPSA) is 0 Å². The van der Waals surface area contributed by atoms with E-state index in [1.807, 2.05) is 0 Å². The molecule has 0 spiro atoms. The molecule has 2 heteroatoms. The molecule has 0 heterocycles. The molecule has 0 nitrogen and oxygen atoms in total. The fourth-order valence-electron chi connectivity index (χ4n) is 4.55. The van der Waals surface area contributed by atoms with E-state index < -0.39 is 0 Å². The Morgan fingerprint density at radius 2 is 1.07 bits per heavy atom. The van der Waals surface area contributed by atoms with Crippen molar-refractivity contribution < 1.29 is 26.2 Å². The molecule has 0 saturated carbocycles. The van der Waals surface area contributed by atoms with Crippen molar-refractivity contribution in [2.45, 2.75) is 6.92 Å². The maximum Gasteiger partial charge on any atom is 4.00 e. The Kier molecular flexibility index (Phi) is 14.2. The van der Waals surface area contributed by atoms with Crippen molar-refractivity contribution in [1.82, 2.24) is 0 Å². The van der Waals surface area contributed by atoms with Gasteiger partial charge in [-0.1, -0.05) is 126 Å². The minimum atomic E-state index is 0. The van der Waals surface area contributed by atoms with Gasteiger partial charge in [-0.2, -0.15) is 18.2 Å². The minimum Gasteiger partial charge on any atom is -0.358 e. The van der Waals surface area contributed by atoms with Crippen molar-refractivity contribution in [3.63, 3.8) is 0 Å². The Hall–Kier alpha value is -3.58. The van der Waals surface area contributed by atoms with Crippen LogP contribution in [0.1, 0.15) is 5.56 Å². The molecule has 7 rings (SSSR count). The SMILES string of the molecule is Cc1cc2ccccc2[cH-]1.[CH3-].[CH3-].[Zr+4].c1ccc(-c2cccc3[cH-]ccc23)cc1.c1ccc([Si]c2ccccc2)cc1. The zero-order valence-corrected chi connectivity index (χ0v) is 27.5. The van der Waals surface area contributed by atoms with E-state index in [2.05, 4.69) is 171 Å². The van der Waals surface area contributed by atoms with Gasteiger partial charge in [0, 0.05) is 0 Å². The van der Waals surface area contributed by atoms with Gasteiger partial charge in [0.15, 0.2) is 0 Å². The predicted molar refractivity (Wildman–Crippen MR) is 180 cm³/mol. The Morgan fingerprint density at radius 1 is 0.537 bits per heavy atom. The zero-order chi connectivity index (χ0) is 26.0. The van der Waals surface area contributed by atoms with Gasteiger partial charge in [0.25, 0.3) is 0 Å². The number of hydrogen-bond donors (Lipinski definition) is 0. The largest absolute Gasteiger partial charge is 4.00 e. The van der Waals surface area contributed by atoms with Crippen molar-refractivity contribution in [2.75, 3.05) is 0 Å². The zero-order valence-electron chi connectivity index (χ0n) is 24.1. The first-order valence-electron chi connectivity index (χ1n) is 13.0. The molecule has 0 unspecified atom stereocenters. The number of fused-ring (bicyclic) bond motifs is 2. The van der Waals surface area contributed by atoms with Crippen molar-refractivity contribution in [2.24, 2.45) is 0 Å². The standard InChI is InChI=1S/C15H11.C12H10Si.C10H9.2CH3.Zr/c1-2-6-12(7-3-1)14-10-4-8-13-9-5-11-15(13)14;1-3-7-11(8-4-1)13-12-9-5-2-6-10-12;1-8-6-9-4-2-3-5-10(9)7-8;;;/h1-11H;1-10H;2-7H,1H3;2*1H3;/q-1;;3*-1;+4. The van der Waals surface area contributed by atoms with E-state index in [-0.39, 0.29) is 41.1 Å². The van der Waals surface area contributed by atoms with Crippen LogP contribution in [0.2, 0.25) is 0 Å². The summed E-state index contributed by atoms with van der Waals surface area (Å²) in [6, 6.07) is 57.4. The van der Waals surface area contributed by atoms with Gasteiger partial charge in [-0.25, -0.2) is 0 Å². The molecule has 0 aliphatic heterocycles. The molecular formula is C39H36SiZr. The van der Waals surface area contributed by atoms with Crippen molar-refractivity contribution in [3.05, 3.63) is 184 Å². The van der Waals surface area contributed by atoms with E-state index in [9.17, 15) is 0 Å². The summed E-state index contributed by atoms with van der Waals surface area (Å²) in [5.74, 6) is 0. The van der Waals surface area contributed by atoms with E-state index in [4.69, 9.17) is 0 Å². The van der Waals surface area contributed by atoms with Gasteiger partial charge < -0.3 is 14.9 Å². The quantitative estimate of drug-likeness (QED) is 0.136. The molecule has 0 bridgehead atoms. The van der Waals surface area contributed by atoms with E-state index >= 15 is 0 Å². The van der Waals surface area contributed by atoms with Gasteiger partial charge in [0.05, 0.1) is 0 Å². The molecule has 0 saturated heterocycles. The molecule has 0 N–H and O–H groups in total. The third-order valence-electron chi connectivity index (χ3n) is 6.36. The minimum absolute atomic E-state index is 0. The molecule has 7 aromatic rings. The summed E-state index contributed by atoms with van der Waals surface area (Å²) in [6.45, 7) is 2.12. The Labute approximate surface area is 268 Å². The summed E-state index contributed by atoms with van der Waals surface area (Å²) in [4.78, 5) is 0. The van der Waals surface area contributed by atoms with Crippen LogP contribution in [0, 0.1) is 21.8 Å². The molecule has 7 aromatic carbocycles. The molecule has 41 heavy (non-hydrogen) atoms. The fraction of sp³-hybridized carbons (Fsp3) is 0.0256. The van der Waals surface area contributed by atoms with Gasteiger partial charge in [-0.05, 0) is 5.56 Å². The average Bonchev–Trinajstić information content (AvgIpc) is 3.61. The maximum atomic E-state index is 2.20. The number of hydrogen-bond acceptors (Lipinski definition) is 0. The monoisotopic (exact) mass is 622 g/mol. The molecule has 0 aromatic heterocycles. The maximum absolute atomic E-state index is 2.20. The molecule has 0 aliphatic carbocycles. The Balaban J connectivity index is 0.000000211. The first-order chi connectivity index (χ1) is 18.8. The molecule has 2 radical (unpaired) electrons. The van der Waals surface area contributed by atoms with Gasteiger partial charge in [0.1, 0.15) is 9.52 Å². The van der Waals surface area contributed by atoms with Crippen LogP contribution in [-0.4, -0.2) is 9.52 Å². The van der Waals surface area contributed by atoms with Gasteiger partial charge in [-0.3, -0.25) is 0 Å². The second kappa shape index (κ2) is 17.3. The fourth-order valence-corrected chi connectivity index (χ4v) is 5.60. The van der Waals surface area contributed by atoms with Crippen LogP contribution in [0.5, 0.6) is 0 Å². The molecule has 0 atom stereocenters. The van der Waals surface area contributed by atoms with E-state index in [1.54, 1.807) is 0 Å². The third kappa shape index (κ3) is 9.49. The van der Waals surface area contributed by atoms with Crippen LogP contribution in [0.15, 0.2) is 164 Å². The second-order valence-electron chi connectivity index (χ2n) is 9.22. The summed E-state index contributed by atoms with van der Waals surface area (Å²) < 4.78 is 0. The van der Waals surface area contributed by atoms with Crippen LogP contribution < -0.4 is 10.4 Å². The van der Waals surface area contributed by atoms with E-state index in [0.717, 1.165) is 9.52 Å². The summed E-state index contributed by atoms with van der Waals surface area (Å²) >= 11 is 0. The number of rotatable bonds is 3. The van der Waals surface area contributed by atoms with Crippen LogP contribution in [-0.2, 0) is 26.2 Å². The predicted octanol–water partition coefficient (Wildman–Crippen LogP) is 9.33. The van der Waals surface area contributed by atoms with Crippen molar-refractivity contribution >= 4 is 41.4 Å². The van der Waals surface area contributed by atoms with Gasteiger partial charge in [0.2, 0.25) is 0 Å². The Bertz CT molecular complexity index is 1610. The van der Waals surface area contributed by atoms with E-state index in [1.165, 1.54) is 48.6 Å². The Morgan fingerprint density at radius 3 is 1.68 bits per heavy atom. The van der Waals surface area contributed by atoms with Gasteiger partial charge >= 0.3 is 26.2 Å². The van der Waals surface area contributed by atoms with Crippen molar-refractivity contribution in [1.29, 1.82) is 0 Å². The normalized spacial score (nSPS) is 9.59. The van der Waals surface area contributed by atoms with E-state index in [0.29, 0.717) is 0 Å².